The Morgan fingerprint density at radius 1 is 1.26 bits per heavy atom. The van der Waals surface area contributed by atoms with Crippen LogP contribution in [0.3, 0.4) is 0 Å². The van der Waals surface area contributed by atoms with Gasteiger partial charge in [0.2, 0.25) is 0 Å². The van der Waals surface area contributed by atoms with Crippen molar-refractivity contribution < 1.29 is 19.1 Å². The molecule has 0 aromatic rings. The number of carbonyl (C=O) groups is 3. The van der Waals surface area contributed by atoms with Crippen LogP contribution in [-0.2, 0) is 14.3 Å². The van der Waals surface area contributed by atoms with Gasteiger partial charge >= 0.3 is 6.09 Å². The molecule has 0 aromatic heterocycles. The number of rotatable bonds is 3. The molecule has 1 amide bonds. The number of ether oxygens (including phenoxy) is 1. The molecule has 0 saturated heterocycles. The van der Waals surface area contributed by atoms with Crippen molar-refractivity contribution in [1.82, 2.24) is 5.32 Å². The average Bonchev–Trinajstić information content (AvgIpc) is 2.26. The van der Waals surface area contributed by atoms with Crippen molar-refractivity contribution in [3.63, 3.8) is 0 Å². The molecule has 0 aromatic carbocycles. The molecule has 0 spiro atoms. The number of nitrogens with one attached hydrogen (secondary N) is 1. The third-order valence-corrected chi connectivity index (χ3v) is 3.39. The SMILES string of the molecule is CC(C)(C)OC(=O)NCCC1=C(I)C(=O)C=CC1=O. The fourth-order valence-electron chi connectivity index (χ4n) is 1.42. The number of ketones is 2. The van der Waals surface area contributed by atoms with Crippen LogP contribution in [0.2, 0.25) is 0 Å². The molecule has 0 bridgehead atoms. The Bertz CT molecular complexity index is 472. The minimum absolute atomic E-state index is 0.174. The summed E-state index contributed by atoms with van der Waals surface area (Å²) in [5.74, 6) is -0.359. The number of allylic oxidation sites excluding steroid dienone is 3. The summed E-state index contributed by atoms with van der Waals surface area (Å²) in [4.78, 5) is 34.4. The predicted octanol–water partition coefficient (Wildman–Crippen LogP) is 2.30. The zero-order valence-corrected chi connectivity index (χ0v) is 13.2. The summed E-state index contributed by atoms with van der Waals surface area (Å²) >= 11 is 1.85. The van der Waals surface area contributed by atoms with Crippen molar-refractivity contribution in [2.24, 2.45) is 0 Å². The van der Waals surface area contributed by atoms with Crippen LogP contribution in [0, 0.1) is 0 Å². The van der Waals surface area contributed by atoms with E-state index in [2.05, 4.69) is 5.32 Å². The van der Waals surface area contributed by atoms with Crippen LogP contribution in [0.4, 0.5) is 4.79 Å². The summed E-state index contributed by atoms with van der Waals surface area (Å²) in [7, 11) is 0. The maximum Gasteiger partial charge on any atom is 0.407 e. The van der Waals surface area contributed by atoms with E-state index in [0.29, 0.717) is 15.6 Å². The van der Waals surface area contributed by atoms with E-state index in [1.54, 1.807) is 20.8 Å². The van der Waals surface area contributed by atoms with Crippen molar-refractivity contribution in [2.45, 2.75) is 32.8 Å². The smallest absolute Gasteiger partial charge is 0.407 e. The minimum Gasteiger partial charge on any atom is -0.444 e. The van der Waals surface area contributed by atoms with Gasteiger partial charge < -0.3 is 10.1 Å². The highest BCUT2D eigenvalue weighted by molar-refractivity contribution is 14.1. The molecule has 0 unspecified atom stereocenters. The Morgan fingerprint density at radius 3 is 2.42 bits per heavy atom. The average molecular weight is 377 g/mol. The Kier molecular flexibility index (Phi) is 5.28. The van der Waals surface area contributed by atoms with Crippen LogP contribution < -0.4 is 5.32 Å². The van der Waals surface area contributed by atoms with Gasteiger partial charge in [-0.15, -0.1) is 0 Å². The predicted molar refractivity (Wildman–Crippen MR) is 79.1 cm³/mol. The molecule has 0 atom stereocenters. The number of halogens is 1. The molecule has 0 radical (unpaired) electrons. The molecule has 0 heterocycles. The molecule has 1 aliphatic carbocycles. The van der Waals surface area contributed by atoms with Crippen LogP contribution >= 0.6 is 22.6 Å². The molecule has 19 heavy (non-hydrogen) atoms. The highest BCUT2D eigenvalue weighted by atomic mass is 127. The first-order valence-electron chi connectivity index (χ1n) is 5.83. The maximum atomic E-state index is 11.6. The summed E-state index contributed by atoms with van der Waals surface area (Å²) in [5.41, 5.74) is -0.124. The van der Waals surface area contributed by atoms with E-state index in [0.717, 1.165) is 0 Å². The highest BCUT2D eigenvalue weighted by Gasteiger charge is 2.21. The summed E-state index contributed by atoms with van der Waals surface area (Å²) < 4.78 is 5.48. The van der Waals surface area contributed by atoms with E-state index >= 15 is 0 Å². The maximum absolute atomic E-state index is 11.6. The molecule has 0 fully saturated rings. The van der Waals surface area contributed by atoms with Gasteiger partial charge in [0.15, 0.2) is 11.6 Å². The number of carbonyl (C=O) groups excluding carboxylic acids is 3. The van der Waals surface area contributed by atoms with Gasteiger partial charge in [0, 0.05) is 12.1 Å². The molecular formula is C13H16INO4. The fraction of sp³-hybridized carbons (Fsp3) is 0.462. The second-order valence-electron chi connectivity index (χ2n) is 5.03. The third kappa shape index (κ3) is 5.14. The number of hydrogen-bond donors (Lipinski definition) is 1. The summed E-state index contributed by atoms with van der Waals surface area (Å²) in [6, 6.07) is 0. The fourth-order valence-corrected chi connectivity index (χ4v) is 2.13. The summed E-state index contributed by atoms with van der Waals surface area (Å²) in [6.07, 6.45) is 2.29. The van der Waals surface area contributed by atoms with E-state index in [-0.39, 0.29) is 18.1 Å². The molecule has 0 saturated carbocycles. The largest absolute Gasteiger partial charge is 0.444 e. The Labute approximate surface area is 125 Å². The molecular weight excluding hydrogens is 361 g/mol. The van der Waals surface area contributed by atoms with Gasteiger partial charge in [0.25, 0.3) is 0 Å². The monoisotopic (exact) mass is 377 g/mol. The third-order valence-electron chi connectivity index (χ3n) is 2.21. The summed E-state index contributed by atoms with van der Waals surface area (Å²) in [6.45, 7) is 5.56. The Balaban J connectivity index is 2.49. The molecule has 1 aliphatic rings. The lowest BCUT2D eigenvalue weighted by molar-refractivity contribution is -0.114. The van der Waals surface area contributed by atoms with Crippen molar-refractivity contribution in [3.8, 4) is 0 Å². The normalized spacial score (nSPS) is 15.8. The van der Waals surface area contributed by atoms with Crippen LogP contribution in [0.25, 0.3) is 0 Å². The topological polar surface area (TPSA) is 72.5 Å². The highest BCUT2D eigenvalue weighted by Crippen LogP contribution is 2.22. The number of amides is 1. The van der Waals surface area contributed by atoms with Crippen molar-refractivity contribution >= 4 is 40.3 Å². The lowest BCUT2D eigenvalue weighted by atomic mass is 10.0. The van der Waals surface area contributed by atoms with Gasteiger partial charge in [-0.2, -0.15) is 0 Å². The molecule has 5 nitrogen and oxygen atoms in total. The lowest BCUT2D eigenvalue weighted by Crippen LogP contribution is -2.33. The van der Waals surface area contributed by atoms with Crippen LogP contribution in [0.5, 0.6) is 0 Å². The van der Waals surface area contributed by atoms with E-state index in [1.807, 2.05) is 22.6 Å². The Hall–Kier alpha value is -1.18. The molecule has 1 N–H and O–H groups in total. The van der Waals surface area contributed by atoms with Gasteiger partial charge in [0.05, 0.1) is 3.58 Å². The van der Waals surface area contributed by atoms with Gasteiger partial charge in [-0.25, -0.2) is 4.79 Å². The minimum atomic E-state index is -0.558. The quantitative estimate of drug-likeness (QED) is 0.605. The first kappa shape index (κ1) is 15.9. The standard InChI is InChI=1S/C13H16INO4/c1-13(2,3)19-12(18)15-7-6-8-9(16)4-5-10(17)11(8)14/h4-5H,6-7H2,1-3H3,(H,15,18). The second kappa shape index (κ2) is 6.31. The first-order valence-corrected chi connectivity index (χ1v) is 6.91. The van der Waals surface area contributed by atoms with E-state index < -0.39 is 11.7 Å². The van der Waals surface area contributed by atoms with Crippen LogP contribution in [-0.4, -0.2) is 29.8 Å². The molecule has 1 rings (SSSR count). The van der Waals surface area contributed by atoms with Crippen molar-refractivity contribution in [3.05, 3.63) is 21.3 Å². The number of alkyl carbamates (subject to hydrolysis) is 1. The summed E-state index contributed by atoms with van der Waals surface area (Å²) in [5, 5.41) is 2.56. The van der Waals surface area contributed by atoms with Crippen molar-refractivity contribution in [1.29, 1.82) is 0 Å². The van der Waals surface area contributed by atoms with Crippen molar-refractivity contribution in [2.75, 3.05) is 6.54 Å². The number of hydrogen-bond acceptors (Lipinski definition) is 4. The van der Waals surface area contributed by atoms with Gasteiger partial charge in [-0.1, -0.05) is 0 Å². The van der Waals surface area contributed by atoms with E-state index in [1.165, 1.54) is 12.2 Å². The zero-order valence-electron chi connectivity index (χ0n) is 11.1. The van der Waals surface area contributed by atoms with E-state index in [4.69, 9.17) is 4.74 Å². The zero-order chi connectivity index (χ0) is 14.6. The Morgan fingerprint density at radius 2 is 1.84 bits per heavy atom. The van der Waals surface area contributed by atoms with Crippen LogP contribution in [0.15, 0.2) is 21.3 Å². The van der Waals surface area contributed by atoms with Gasteiger partial charge in [0.1, 0.15) is 5.60 Å². The molecule has 104 valence electrons. The molecule has 0 aliphatic heterocycles. The lowest BCUT2D eigenvalue weighted by Gasteiger charge is -2.20. The second-order valence-corrected chi connectivity index (χ2v) is 6.11. The van der Waals surface area contributed by atoms with Crippen LogP contribution in [0.1, 0.15) is 27.2 Å². The first-order chi connectivity index (χ1) is 8.70. The van der Waals surface area contributed by atoms with Gasteiger partial charge in [-0.3, -0.25) is 9.59 Å². The molecule has 6 heteroatoms. The van der Waals surface area contributed by atoms with Gasteiger partial charge in [-0.05, 0) is 61.9 Å². The van der Waals surface area contributed by atoms with E-state index in [9.17, 15) is 14.4 Å².